The first-order valence-corrected chi connectivity index (χ1v) is 7.91. The van der Waals surface area contributed by atoms with Gasteiger partial charge in [0.25, 0.3) is 0 Å². The summed E-state index contributed by atoms with van der Waals surface area (Å²) >= 11 is 1.16. The zero-order chi connectivity index (χ0) is 16.2. The lowest BCUT2D eigenvalue weighted by atomic mass is 10.2. The summed E-state index contributed by atoms with van der Waals surface area (Å²) in [6.07, 6.45) is -0.380. The lowest BCUT2D eigenvalue weighted by Gasteiger charge is -2.07. The van der Waals surface area contributed by atoms with Crippen LogP contribution in [0.25, 0.3) is 0 Å². The molecule has 0 saturated heterocycles. The fourth-order valence-electron chi connectivity index (χ4n) is 1.53. The van der Waals surface area contributed by atoms with Crippen molar-refractivity contribution in [3.63, 3.8) is 0 Å². The van der Waals surface area contributed by atoms with Crippen LogP contribution < -0.4 is 10.6 Å². The molecule has 2 N–H and O–H groups in total. The molecule has 0 atom stereocenters. The number of carbonyl (C=O) groups is 3. The summed E-state index contributed by atoms with van der Waals surface area (Å²) in [7, 11) is 0. The van der Waals surface area contributed by atoms with Crippen molar-refractivity contribution >= 4 is 28.9 Å². The zero-order valence-electron chi connectivity index (χ0n) is 12.5. The molecule has 0 aromatic heterocycles. The van der Waals surface area contributed by atoms with E-state index in [9.17, 15) is 14.4 Å². The van der Waals surface area contributed by atoms with Gasteiger partial charge in [-0.15, -0.1) is 0 Å². The summed E-state index contributed by atoms with van der Waals surface area (Å²) < 4.78 is 5.01. The average Bonchev–Trinajstić information content (AvgIpc) is 2.50. The monoisotopic (exact) mass is 324 g/mol. The molecular weight excluding hydrogens is 304 g/mol. The van der Waals surface area contributed by atoms with Crippen molar-refractivity contribution < 1.29 is 19.1 Å². The highest BCUT2D eigenvalue weighted by molar-refractivity contribution is 8.13. The lowest BCUT2D eigenvalue weighted by molar-refractivity contribution is -0.120. The van der Waals surface area contributed by atoms with Gasteiger partial charge in [-0.3, -0.25) is 9.59 Å². The maximum absolute atomic E-state index is 11.5. The Morgan fingerprint density at radius 1 is 1.09 bits per heavy atom. The van der Waals surface area contributed by atoms with Crippen LogP contribution in [0, 0.1) is 0 Å². The number of hydrogen-bond acceptors (Lipinski definition) is 5. The second kappa shape index (κ2) is 10.7. The molecule has 7 heteroatoms. The summed E-state index contributed by atoms with van der Waals surface area (Å²) in [5.74, 6) is 0.376. The molecule has 0 unspecified atom stereocenters. The summed E-state index contributed by atoms with van der Waals surface area (Å²) in [5.41, 5.74) is 0.901. The van der Waals surface area contributed by atoms with Crippen LogP contribution in [-0.2, 0) is 20.9 Å². The standard InChI is InChI=1S/C15H20N2O4S/c1-12(18)22-10-9-16-14(19)7-8-17-15(20)21-11-13-5-3-2-4-6-13/h2-6H,7-11H2,1H3,(H,16,19)(H,17,20). The molecule has 0 saturated carbocycles. The van der Waals surface area contributed by atoms with E-state index in [0.717, 1.165) is 17.3 Å². The molecule has 120 valence electrons. The first-order chi connectivity index (χ1) is 10.6. The maximum atomic E-state index is 11.5. The van der Waals surface area contributed by atoms with Gasteiger partial charge in [-0.2, -0.15) is 0 Å². The minimum atomic E-state index is -0.552. The first kappa shape index (κ1) is 18.0. The van der Waals surface area contributed by atoms with Crippen LogP contribution in [0.15, 0.2) is 30.3 Å². The van der Waals surface area contributed by atoms with Crippen LogP contribution in [0.5, 0.6) is 0 Å². The van der Waals surface area contributed by atoms with Crippen molar-refractivity contribution in [2.45, 2.75) is 20.0 Å². The number of nitrogens with one attached hydrogen (secondary N) is 2. The van der Waals surface area contributed by atoms with E-state index < -0.39 is 6.09 Å². The van der Waals surface area contributed by atoms with Crippen molar-refractivity contribution in [1.29, 1.82) is 0 Å². The van der Waals surface area contributed by atoms with Crippen molar-refractivity contribution in [3.8, 4) is 0 Å². The number of ether oxygens (including phenoxy) is 1. The van der Waals surface area contributed by atoms with Gasteiger partial charge >= 0.3 is 6.09 Å². The Bertz CT molecular complexity index is 494. The fraction of sp³-hybridized carbons (Fsp3) is 0.400. The molecule has 1 aromatic carbocycles. The Morgan fingerprint density at radius 3 is 2.50 bits per heavy atom. The van der Waals surface area contributed by atoms with Crippen LogP contribution in [0.2, 0.25) is 0 Å². The molecule has 6 nitrogen and oxygen atoms in total. The van der Waals surface area contributed by atoms with Crippen molar-refractivity contribution in [2.24, 2.45) is 0 Å². The molecule has 0 heterocycles. The van der Waals surface area contributed by atoms with Gasteiger partial charge in [-0.25, -0.2) is 4.79 Å². The van der Waals surface area contributed by atoms with Crippen molar-refractivity contribution in [1.82, 2.24) is 10.6 Å². The number of alkyl carbamates (subject to hydrolysis) is 1. The van der Waals surface area contributed by atoms with Gasteiger partial charge < -0.3 is 15.4 Å². The fourth-order valence-corrected chi connectivity index (χ4v) is 2.02. The van der Waals surface area contributed by atoms with Gasteiger partial charge in [0, 0.05) is 32.2 Å². The smallest absolute Gasteiger partial charge is 0.407 e. The van der Waals surface area contributed by atoms with E-state index in [2.05, 4.69) is 10.6 Å². The summed E-state index contributed by atoms with van der Waals surface area (Å²) in [6, 6.07) is 9.34. The van der Waals surface area contributed by atoms with Gasteiger partial charge in [-0.1, -0.05) is 42.1 Å². The summed E-state index contributed by atoms with van der Waals surface area (Å²) in [4.78, 5) is 33.6. The zero-order valence-corrected chi connectivity index (χ0v) is 13.3. The lowest BCUT2D eigenvalue weighted by Crippen LogP contribution is -2.32. The Balaban J connectivity index is 2.04. The molecular formula is C15H20N2O4S. The van der Waals surface area contributed by atoms with E-state index in [4.69, 9.17) is 4.74 Å². The highest BCUT2D eigenvalue weighted by atomic mass is 32.2. The highest BCUT2D eigenvalue weighted by Crippen LogP contribution is 2.00. The Hall–Kier alpha value is -2.02. The molecule has 1 rings (SSSR count). The quantitative estimate of drug-likeness (QED) is 0.711. The molecule has 0 spiro atoms. The Labute approximate surface area is 134 Å². The number of benzene rings is 1. The van der Waals surface area contributed by atoms with Crippen molar-refractivity contribution in [2.75, 3.05) is 18.8 Å². The average molecular weight is 324 g/mol. The first-order valence-electron chi connectivity index (χ1n) is 6.92. The van der Waals surface area contributed by atoms with Gasteiger partial charge in [0.1, 0.15) is 6.61 Å². The Morgan fingerprint density at radius 2 is 1.82 bits per heavy atom. The molecule has 0 aliphatic rings. The number of hydrogen-bond donors (Lipinski definition) is 2. The number of rotatable bonds is 8. The van der Waals surface area contributed by atoms with E-state index in [1.54, 1.807) is 0 Å². The van der Waals surface area contributed by atoms with Crippen LogP contribution >= 0.6 is 11.8 Å². The van der Waals surface area contributed by atoms with E-state index in [1.807, 2.05) is 30.3 Å². The largest absolute Gasteiger partial charge is 0.445 e. The van der Waals surface area contributed by atoms with Crippen LogP contribution in [0.3, 0.4) is 0 Å². The molecule has 0 fully saturated rings. The second-order valence-corrected chi connectivity index (χ2v) is 5.70. The Kier molecular flexibility index (Phi) is 8.74. The predicted octanol–water partition coefficient (Wildman–Crippen LogP) is 1.70. The molecule has 2 amide bonds. The third-order valence-corrected chi connectivity index (χ3v) is 3.38. The summed E-state index contributed by atoms with van der Waals surface area (Å²) in [6.45, 7) is 2.32. The van der Waals surface area contributed by atoms with Gasteiger partial charge in [-0.05, 0) is 5.56 Å². The number of carbonyl (C=O) groups excluding carboxylic acids is 3. The minimum absolute atomic E-state index is 0.0251. The molecule has 0 bridgehead atoms. The van der Waals surface area contributed by atoms with E-state index in [-0.39, 0.29) is 30.6 Å². The van der Waals surface area contributed by atoms with Gasteiger partial charge in [0.2, 0.25) is 5.91 Å². The molecule has 0 aliphatic heterocycles. The van der Waals surface area contributed by atoms with Crippen LogP contribution in [0.4, 0.5) is 4.79 Å². The number of thioether (sulfide) groups is 1. The van der Waals surface area contributed by atoms with E-state index >= 15 is 0 Å². The molecule has 0 aliphatic carbocycles. The highest BCUT2D eigenvalue weighted by Gasteiger charge is 2.05. The van der Waals surface area contributed by atoms with Gasteiger partial charge in [0.05, 0.1) is 0 Å². The van der Waals surface area contributed by atoms with Gasteiger partial charge in [0.15, 0.2) is 5.12 Å². The maximum Gasteiger partial charge on any atom is 0.407 e. The van der Waals surface area contributed by atoms with Crippen LogP contribution in [-0.4, -0.2) is 36.0 Å². The molecule has 22 heavy (non-hydrogen) atoms. The topological polar surface area (TPSA) is 84.5 Å². The number of amides is 2. The predicted molar refractivity (Wildman–Crippen MR) is 85.4 cm³/mol. The normalized spacial score (nSPS) is 9.86. The van der Waals surface area contributed by atoms with E-state index in [0.29, 0.717) is 12.3 Å². The molecule has 0 radical (unpaired) electrons. The van der Waals surface area contributed by atoms with E-state index in [1.165, 1.54) is 6.92 Å². The van der Waals surface area contributed by atoms with Crippen LogP contribution in [0.1, 0.15) is 18.9 Å². The van der Waals surface area contributed by atoms with Crippen molar-refractivity contribution in [3.05, 3.63) is 35.9 Å². The second-order valence-electron chi connectivity index (χ2n) is 4.43. The SMILES string of the molecule is CC(=O)SCCNC(=O)CCNC(=O)OCc1ccccc1. The minimum Gasteiger partial charge on any atom is -0.445 e. The summed E-state index contributed by atoms with van der Waals surface area (Å²) in [5, 5.41) is 5.20. The third-order valence-electron chi connectivity index (χ3n) is 2.56. The third kappa shape index (κ3) is 9.02. The molecule has 1 aromatic rings.